The number of non-ortho nitro benzene ring substituents is 1. The molecule has 2 aromatic rings. The molecule has 10 nitrogen and oxygen atoms in total. The third-order valence-corrected chi connectivity index (χ3v) is 7.20. The van der Waals surface area contributed by atoms with Gasteiger partial charge in [0.1, 0.15) is 0 Å². The molecule has 3 aliphatic heterocycles. The topological polar surface area (TPSA) is 122 Å². The fourth-order valence-electron chi connectivity index (χ4n) is 5.77. The van der Waals surface area contributed by atoms with E-state index in [0.29, 0.717) is 18.5 Å². The third kappa shape index (κ3) is 3.65. The zero-order chi connectivity index (χ0) is 24.9. The monoisotopic (exact) mass is 478 g/mol. The van der Waals surface area contributed by atoms with Crippen LogP contribution in [-0.2, 0) is 27.2 Å². The van der Waals surface area contributed by atoms with E-state index in [0.717, 1.165) is 16.2 Å². The maximum atomic E-state index is 14.1. The van der Waals surface area contributed by atoms with Crippen LogP contribution in [0.2, 0.25) is 0 Å². The minimum Gasteiger partial charge on any atom is -0.372 e. The highest BCUT2D eigenvalue weighted by molar-refractivity contribution is 6.20. The number of anilines is 1. The van der Waals surface area contributed by atoms with Crippen molar-refractivity contribution >= 4 is 29.2 Å². The van der Waals surface area contributed by atoms with E-state index < -0.39 is 40.3 Å². The molecule has 2 fully saturated rings. The molecule has 4 unspecified atom stereocenters. The van der Waals surface area contributed by atoms with Crippen molar-refractivity contribution in [2.45, 2.75) is 44.9 Å². The van der Waals surface area contributed by atoms with Gasteiger partial charge < -0.3 is 9.64 Å². The van der Waals surface area contributed by atoms with Crippen molar-refractivity contribution in [1.82, 2.24) is 10.2 Å². The smallest absolute Gasteiger partial charge is 0.330 e. The molecule has 10 heteroatoms. The molecule has 0 radical (unpaired) electrons. The summed E-state index contributed by atoms with van der Waals surface area (Å²) in [7, 11) is 0. The van der Waals surface area contributed by atoms with Crippen LogP contribution >= 0.6 is 0 Å². The number of morpholine rings is 1. The number of barbiturate groups is 1. The maximum absolute atomic E-state index is 14.1. The second kappa shape index (κ2) is 8.46. The lowest BCUT2D eigenvalue weighted by Crippen LogP contribution is -2.75. The molecule has 4 amide bonds. The van der Waals surface area contributed by atoms with Gasteiger partial charge >= 0.3 is 6.03 Å². The lowest BCUT2D eigenvalue weighted by Gasteiger charge is -2.56. The van der Waals surface area contributed by atoms with Gasteiger partial charge in [-0.2, -0.15) is 0 Å². The number of fused-ring (bicyclic) bond motifs is 4. The number of urea groups is 1. The summed E-state index contributed by atoms with van der Waals surface area (Å²) in [6.45, 7) is 4.22. The van der Waals surface area contributed by atoms with Crippen LogP contribution in [0.4, 0.5) is 16.2 Å². The number of carbonyl (C=O) groups excluding carboxylic acids is 3. The molecular weight excluding hydrogens is 452 g/mol. The Balaban J connectivity index is 1.59. The molecule has 2 aromatic carbocycles. The number of benzene rings is 2. The summed E-state index contributed by atoms with van der Waals surface area (Å²) >= 11 is 0. The number of nitrogens with one attached hydrogen (secondary N) is 1. The van der Waals surface area contributed by atoms with Crippen molar-refractivity contribution in [3.8, 4) is 0 Å². The Labute approximate surface area is 202 Å². The molecule has 5 rings (SSSR count). The van der Waals surface area contributed by atoms with Crippen LogP contribution < -0.4 is 10.2 Å². The molecule has 35 heavy (non-hydrogen) atoms. The maximum Gasteiger partial charge on any atom is 0.330 e. The Morgan fingerprint density at radius 2 is 1.89 bits per heavy atom. The van der Waals surface area contributed by atoms with Crippen molar-refractivity contribution in [2.75, 3.05) is 18.0 Å². The first kappa shape index (κ1) is 23.0. The van der Waals surface area contributed by atoms with Crippen LogP contribution in [0.25, 0.3) is 0 Å². The third-order valence-electron chi connectivity index (χ3n) is 7.20. The molecule has 3 heterocycles. The summed E-state index contributed by atoms with van der Waals surface area (Å²) in [6, 6.07) is 12.5. The van der Waals surface area contributed by atoms with Gasteiger partial charge in [0.25, 0.3) is 5.69 Å². The van der Waals surface area contributed by atoms with Gasteiger partial charge in [0.15, 0.2) is 5.41 Å². The largest absolute Gasteiger partial charge is 0.372 e. The summed E-state index contributed by atoms with van der Waals surface area (Å²) in [5.74, 6) is -1.29. The summed E-state index contributed by atoms with van der Waals surface area (Å²) in [4.78, 5) is 54.4. The second-order valence-electron chi connectivity index (χ2n) is 9.42. The second-order valence-corrected chi connectivity index (χ2v) is 9.42. The van der Waals surface area contributed by atoms with Gasteiger partial charge in [0.2, 0.25) is 11.8 Å². The van der Waals surface area contributed by atoms with Crippen LogP contribution in [0.1, 0.15) is 25.0 Å². The van der Waals surface area contributed by atoms with Gasteiger partial charge in [-0.25, -0.2) is 4.79 Å². The van der Waals surface area contributed by atoms with E-state index in [1.54, 1.807) is 6.07 Å². The van der Waals surface area contributed by atoms with Gasteiger partial charge in [-0.05, 0) is 37.5 Å². The number of amides is 4. The quantitative estimate of drug-likeness (QED) is 0.407. The highest BCUT2D eigenvalue weighted by Crippen LogP contribution is 2.48. The Morgan fingerprint density at radius 3 is 2.60 bits per heavy atom. The number of imide groups is 2. The fraction of sp³-hybridized carbons (Fsp3) is 0.400. The normalized spacial score (nSPS) is 27.9. The molecule has 2 saturated heterocycles. The lowest BCUT2D eigenvalue weighted by molar-refractivity contribution is -0.384. The predicted molar refractivity (Wildman–Crippen MR) is 126 cm³/mol. The van der Waals surface area contributed by atoms with E-state index in [9.17, 15) is 24.5 Å². The van der Waals surface area contributed by atoms with Crippen LogP contribution in [-0.4, -0.2) is 59.0 Å². The van der Waals surface area contributed by atoms with Gasteiger partial charge in [-0.3, -0.25) is 29.9 Å². The summed E-state index contributed by atoms with van der Waals surface area (Å²) in [6.07, 6.45) is -0.311. The van der Waals surface area contributed by atoms with Crippen molar-refractivity contribution in [3.63, 3.8) is 0 Å². The van der Waals surface area contributed by atoms with Gasteiger partial charge in [0, 0.05) is 37.3 Å². The number of nitrogens with zero attached hydrogens (tertiary/aromatic N) is 3. The van der Waals surface area contributed by atoms with E-state index in [1.807, 2.05) is 49.1 Å². The number of ether oxygens (including phenoxy) is 1. The Bertz CT molecular complexity index is 1220. The Morgan fingerprint density at radius 1 is 1.14 bits per heavy atom. The molecule has 182 valence electrons. The molecule has 0 bridgehead atoms. The fourth-order valence-corrected chi connectivity index (χ4v) is 5.77. The van der Waals surface area contributed by atoms with Gasteiger partial charge in [-0.15, -0.1) is 0 Å². The minimum absolute atomic E-state index is 0.0625. The SMILES string of the molecule is CC1CN2c3ccc([N+](=O)[O-])cc3CC3(C(=O)NC(=O)N(CCc4ccccc4)C3=O)C2C(C)O1. The van der Waals surface area contributed by atoms with Crippen LogP contribution in [0.5, 0.6) is 0 Å². The van der Waals surface area contributed by atoms with E-state index in [1.165, 1.54) is 12.1 Å². The van der Waals surface area contributed by atoms with Crippen LogP contribution in [0.3, 0.4) is 0 Å². The lowest BCUT2D eigenvalue weighted by atomic mass is 9.66. The van der Waals surface area contributed by atoms with E-state index in [-0.39, 0.29) is 24.8 Å². The standard InChI is InChI=1S/C25H26N4O6/c1-15-14-28-20-9-8-19(29(33)34)12-18(20)13-25(21(28)16(2)35-15)22(30)26-24(32)27(23(25)31)11-10-17-6-4-3-5-7-17/h3-9,12,15-16,21H,10-11,13-14H2,1-2H3,(H,26,30,32). The summed E-state index contributed by atoms with van der Waals surface area (Å²) in [5.41, 5.74) is 0.437. The molecular formula is C25H26N4O6. The zero-order valence-corrected chi connectivity index (χ0v) is 19.5. The summed E-state index contributed by atoms with van der Waals surface area (Å²) < 4.78 is 6.06. The van der Waals surface area contributed by atoms with Crippen molar-refractivity contribution < 1.29 is 24.0 Å². The molecule has 0 aromatic heterocycles. The highest BCUT2D eigenvalue weighted by Gasteiger charge is 2.64. The number of rotatable bonds is 4. The van der Waals surface area contributed by atoms with Crippen LogP contribution in [0, 0.1) is 15.5 Å². The molecule has 3 aliphatic rings. The van der Waals surface area contributed by atoms with Gasteiger partial charge in [-0.1, -0.05) is 30.3 Å². The van der Waals surface area contributed by atoms with Crippen LogP contribution in [0.15, 0.2) is 48.5 Å². The highest BCUT2D eigenvalue weighted by atomic mass is 16.6. The first-order valence-corrected chi connectivity index (χ1v) is 11.6. The van der Waals surface area contributed by atoms with Crippen molar-refractivity contribution in [2.24, 2.45) is 5.41 Å². The molecule has 0 aliphatic carbocycles. The van der Waals surface area contributed by atoms with E-state index in [2.05, 4.69) is 5.32 Å². The molecule has 0 saturated carbocycles. The average Bonchev–Trinajstić information content (AvgIpc) is 2.82. The van der Waals surface area contributed by atoms with E-state index in [4.69, 9.17) is 4.74 Å². The summed E-state index contributed by atoms with van der Waals surface area (Å²) in [5, 5.41) is 13.9. The molecule has 4 atom stereocenters. The molecule has 1 N–H and O–H groups in total. The number of carbonyl (C=O) groups is 3. The first-order valence-electron chi connectivity index (χ1n) is 11.6. The van der Waals surface area contributed by atoms with Gasteiger partial charge in [0.05, 0.1) is 23.2 Å². The number of nitro groups is 1. The zero-order valence-electron chi connectivity index (χ0n) is 19.5. The van der Waals surface area contributed by atoms with Crippen molar-refractivity contribution in [3.05, 3.63) is 69.8 Å². The number of nitro benzene ring substituents is 1. The Kier molecular flexibility index (Phi) is 5.55. The Hall–Kier alpha value is -3.79. The number of hydrogen-bond acceptors (Lipinski definition) is 7. The van der Waals surface area contributed by atoms with Crippen molar-refractivity contribution in [1.29, 1.82) is 0 Å². The van der Waals surface area contributed by atoms with E-state index >= 15 is 0 Å². The average molecular weight is 479 g/mol. The number of hydrogen-bond donors (Lipinski definition) is 1. The first-order chi connectivity index (χ1) is 16.7. The predicted octanol–water partition coefficient (Wildman–Crippen LogP) is 2.44. The minimum atomic E-state index is -1.66. The molecule has 1 spiro atoms.